The van der Waals surface area contributed by atoms with Crippen molar-refractivity contribution in [2.24, 2.45) is 5.84 Å². The molecule has 2 aromatic rings. The molecular formula is C12H14N4O. The fourth-order valence-electron chi connectivity index (χ4n) is 1.58. The summed E-state index contributed by atoms with van der Waals surface area (Å²) in [5, 5.41) is 0. The van der Waals surface area contributed by atoms with Gasteiger partial charge in [0, 0.05) is 24.2 Å². The Morgan fingerprint density at radius 1 is 1.29 bits per heavy atom. The third-order valence-electron chi connectivity index (χ3n) is 2.39. The smallest absolute Gasteiger partial charge is 0.143 e. The zero-order valence-corrected chi connectivity index (χ0v) is 9.55. The van der Waals surface area contributed by atoms with Crippen molar-refractivity contribution >= 4 is 5.82 Å². The Bertz CT molecular complexity index is 501. The van der Waals surface area contributed by atoms with E-state index < -0.39 is 0 Å². The Labute approximate surface area is 99.6 Å². The van der Waals surface area contributed by atoms with Crippen molar-refractivity contribution in [1.82, 2.24) is 9.97 Å². The molecule has 5 heteroatoms. The molecule has 0 saturated heterocycles. The van der Waals surface area contributed by atoms with Crippen molar-refractivity contribution in [2.75, 3.05) is 12.5 Å². The number of anilines is 1. The van der Waals surface area contributed by atoms with Crippen LogP contribution in [0.2, 0.25) is 0 Å². The highest BCUT2D eigenvalue weighted by Gasteiger charge is 2.05. The predicted octanol–water partition coefficient (Wildman–Crippen LogP) is 1.36. The molecule has 0 atom stereocenters. The molecule has 88 valence electrons. The van der Waals surface area contributed by atoms with Gasteiger partial charge in [-0.15, -0.1) is 0 Å². The normalized spacial score (nSPS) is 10.0. The summed E-state index contributed by atoms with van der Waals surface area (Å²) >= 11 is 0. The van der Waals surface area contributed by atoms with E-state index in [1.807, 2.05) is 24.3 Å². The quantitative estimate of drug-likeness (QED) is 0.613. The molecule has 0 spiro atoms. The van der Waals surface area contributed by atoms with E-state index in [9.17, 15) is 0 Å². The number of ether oxygens (including phenoxy) is 1. The van der Waals surface area contributed by atoms with Crippen molar-refractivity contribution in [2.45, 2.75) is 6.42 Å². The molecular weight excluding hydrogens is 216 g/mol. The van der Waals surface area contributed by atoms with E-state index in [1.54, 1.807) is 19.4 Å². The van der Waals surface area contributed by atoms with Gasteiger partial charge in [0.25, 0.3) is 0 Å². The van der Waals surface area contributed by atoms with E-state index in [0.29, 0.717) is 18.1 Å². The summed E-state index contributed by atoms with van der Waals surface area (Å²) in [7, 11) is 1.65. The number of nitrogens with one attached hydrogen (secondary N) is 1. The molecule has 17 heavy (non-hydrogen) atoms. The number of nitrogens with zero attached hydrogens (tertiary/aromatic N) is 2. The third kappa shape index (κ3) is 2.70. The van der Waals surface area contributed by atoms with Crippen molar-refractivity contribution in [3.8, 4) is 5.75 Å². The average molecular weight is 230 g/mol. The minimum atomic E-state index is 0.602. The second kappa shape index (κ2) is 5.27. The monoisotopic (exact) mass is 230 g/mol. The Balaban J connectivity index is 2.24. The van der Waals surface area contributed by atoms with Gasteiger partial charge in [0.2, 0.25) is 0 Å². The predicted molar refractivity (Wildman–Crippen MR) is 65.6 cm³/mol. The van der Waals surface area contributed by atoms with Gasteiger partial charge in [-0.3, -0.25) is 0 Å². The highest BCUT2D eigenvalue weighted by Crippen LogP contribution is 2.19. The van der Waals surface area contributed by atoms with E-state index in [4.69, 9.17) is 10.6 Å². The van der Waals surface area contributed by atoms with Crippen LogP contribution in [0.25, 0.3) is 0 Å². The summed E-state index contributed by atoms with van der Waals surface area (Å²) in [6, 6.07) is 9.51. The largest absolute Gasteiger partial charge is 0.496 e. The van der Waals surface area contributed by atoms with Crippen LogP contribution < -0.4 is 16.0 Å². The van der Waals surface area contributed by atoms with Crippen LogP contribution in [0.3, 0.4) is 0 Å². The van der Waals surface area contributed by atoms with Crippen LogP contribution in [0, 0.1) is 0 Å². The Kier molecular flexibility index (Phi) is 3.52. The first-order chi connectivity index (χ1) is 8.33. The highest BCUT2D eigenvalue weighted by atomic mass is 16.5. The minimum Gasteiger partial charge on any atom is -0.496 e. The molecule has 0 radical (unpaired) electrons. The Morgan fingerprint density at radius 2 is 2.12 bits per heavy atom. The third-order valence-corrected chi connectivity index (χ3v) is 2.39. The summed E-state index contributed by atoms with van der Waals surface area (Å²) in [4.78, 5) is 8.45. The summed E-state index contributed by atoms with van der Waals surface area (Å²) in [5.74, 6) is 7.44. The number of aromatic nitrogens is 2. The molecule has 1 aromatic carbocycles. The molecule has 0 unspecified atom stereocenters. The van der Waals surface area contributed by atoms with Gasteiger partial charge in [0.1, 0.15) is 17.4 Å². The molecule has 1 heterocycles. The Hall–Kier alpha value is -2.14. The van der Waals surface area contributed by atoms with Gasteiger partial charge in [-0.2, -0.15) is 0 Å². The molecule has 0 aliphatic rings. The topological polar surface area (TPSA) is 73.1 Å². The summed E-state index contributed by atoms with van der Waals surface area (Å²) < 4.78 is 5.28. The van der Waals surface area contributed by atoms with E-state index >= 15 is 0 Å². The number of hydrazine groups is 1. The number of benzene rings is 1. The molecule has 3 N–H and O–H groups in total. The molecule has 0 fully saturated rings. The molecule has 2 rings (SSSR count). The maximum atomic E-state index is 5.30. The number of para-hydroxylation sites is 1. The summed E-state index contributed by atoms with van der Waals surface area (Å²) in [6.07, 6.45) is 2.28. The van der Waals surface area contributed by atoms with E-state index in [0.717, 1.165) is 11.3 Å². The number of nitrogens with two attached hydrogens (primary N) is 1. The molecule has 0 bridgehead atoms. The summed E-state index contributed by atoms with van der Waals surface area (Å²) in [6.45, 7) is 0. The first-order valence-electron chi connectivity index (χ1n) is 5.24. The lowest BCUT2D eigenvalue weighted by molar-refractivity contribution is 0.410. The number of hydrogen-bond donors (Lipinski definition) is 2. The fourth-order valence-corrected chi connectivity index (χ4v) is 1.58. The van der Waals surface area contributed by atoms with Crippen LogP contribution in [0.4, 0.5) is 5.82 Å². The lowest BCUT2D eigenvalue weighted by Gasteiger charge is -2.07. The van der Waals surface area contributed by atoms with Crippen LogP contribution >= 0.6 is 0 Å². The average Bonchev–Trinajstić information content (AvgIpc) is 2.39. The van der Waals surface area contributed by atoms with Crippen molar-refractivity contribution in [3.05, 3.63) is 47.9 Å². The molecule has 0 saturated carbocycles. The molecule has 1 aromatic heterocycles. The van der Waals surface area contributed by atoms with Crippen molar-refractivity contribution in [3.63, 3.8) is 0 Å². The second-order valence-corrected chi connectivity index (χ2v) is 3.49. The minimum absolute atomic E-state index is 0.602. The van der Waals surface area contributed by atoms with Crippen LogP contribution in [0.15, 0.2) is 36.5 Å². The zero-order valence-electron chi connectivity index (χ0n) is 9.55. The van der Waals surface area contributed by atoms with Gasteiger partial charge in [-0.05, 0) is 6.07 Å². The number of rotatable bonds is 4. The summed E-state index contributed by atoms with van der Waals surface area (Å²) in [5.41, 5.74) is 3.54. The molecule has 0 aliphatic heterocycles. The van der Waals surface area contributed by atoms with Gasteiger partial charge in [0.15, 0.2) is 0 Å². The van der Waals surface area contributed by atoms with Gasteiger partial charge in [-0.1, -0.05) is 18.2 Å². The maximum absolute atomic E-state index is 5.30. The van der Waals surface area contributed by atoms with Gasteiger partial charge in [-0.25, -0.2) is 15.8 Å². The SMILES string of the molecule is COc1ccccc1Cc1nccc(NN)n1. The van der Waals surface area contributed by atoms with Crippen molar-refractivity contribution < 1.29 is 4.74 Å². The molecule has 0 amide bonds. The zero-order chi connectivity index (χ0) is 12.1. The van der Waals surface area contributed by atoms with Crippen molar-refractivity contribution in [1.29, 1.82) is 0 Å². The first kappa shape index (κ1) is 11.3. The van der Waals surface area contributed by atoms with Crippen LogP contribution in [0.1, 0.15) is 11.4 Å². The van der Waals surface area contributed by atoms with Gasteiger partial charge >= 0.3 is 0 Å². The van der Waals surface area contributed by atoms with Crippen LogP contribution in [-0.4, -0.2) is 17.1 Å². The standard InChI is InChI=1S/C12H14N4O/c1-17-10-5-3-2-4-9(10)8-12-14-7-6-11(15-12)16-13/h2-7H,8,13H2,1H3,(H,14,15,16). The number of nitrogen functional groups attached to an aromatic ring is 1. The lowest BCUT2D eigenvalue weighted by atomic mass is 10.1. The number of methoxy groups -OCH3 is 1. The van der Waals surface area contributed by atoms with Crippen LogP contribution in [0.5, 0.6) is 5.75 Å². The Morgan fingerprint density at radius 3 is 2.88 bits per heavy atom. The van der Waals surface area contributed by atoms with Gasteiger partial charge in [0.05, 0.1) is 7.11 Å². The van der Waals surface area contributed by atoms with Gasteiger partial charge < -0.3 is 10.2 Å². The van der Waals surface area contributed by atoms with Crippen LogP contribution in [-0.2, 0) is 6.42 Å². The fraction of sp³-hybridized carbons (Fsp3) is 0.167. The van der Waals surface area contributed by atoms with E-state index in [2.05, 4.69) is 15.4 Å². The van der Waals surface area contributed by atoms with E-state index in [1.165, 1.54) is 0 Å². The lowest BCUT2D eigenvalue weighted by Crippen LogP contribution is -2.10. The number of hydrogen-bond acceptors (Lipinski definition) is 5. The maximum Gasteiger partial charge on any atom is 0.143 e. The second-order valence-electron chi connectivity index (χ2n) is 3.49. The van der Waals surface area contributed by atoms with E-state index in [-0.39, 0.29) is 0 Å². The first-order valence-corrected chi connectivity index (χ1v) is 5.24. The highest BCUT2D eigenvalue weighted by molar-refractivity contribution is 5.37. The molecule has 0 aliphatic carbocycles. The molecule has 5 nitrogen and oxygen atoms in total.